The molecule has 2 N–H and O–H groups in total. The number of rotatable bonds is 4. The minimum absolute atomic E-state index is 0.194. The highest BCUT2D eigenvalue weighted by atomic mass is 16.4. The van der Waals surface area contributed by atoms with Gasteiger partial charge in [0.05, 0.1) is 5.92 Å². The summed E-state index contributed by atoms with van der Waals surface area (Å²) < 4.78 is 0. The van der Waals surface area contributed by atoms with Gasteiger partial charge >= 0.3 is 5.97 Å². The highest BCUT2D eigenvalue weighted by molar-refractivity contribution is 5.94. The molecule has 0 saturated carbocycles. The van der Waals surface area contributed by atoms with Gasteiger partial charge in [0.2, 0.25) is 5.56 Å². The molecule has 1 aromatic rings. The fraction of sp³-hybridized carbons (Fsp3) is 0.562. The Kier molecular flexibility index (Phi) is 5.00. The molecular formula is C16H22N2O4. The van der Waals surface area contributed by atoms with Crippen LogP contribution in [0.4, 0.5) is 0 Å². The van der Waals surface area contributed by atoms with Crippen LogP contribution in [0.1, 0.15) is 42.7 Å². The van der Waals surface area contributed by atoms with Gasteiger partial charge in [-0.25, -0.2) is 0 Å². The molecule has 0 bridgehead atoms. The number of hydrogen-bond donors (Lipinski definition) is 2. The van der Waals surface area contributed by atoms with Crippen LogP contribution in [0.25, 0.3) is 0 Å². The second-order valence-corrected chi connectivity index (χ2v) is 6.26. The first-order chi connectivity index (χ1) is 10.4. The van der Waals surface area contributed by atoms with E-state index >= 15 is 0 Å². The first kappa shape index (κ1) is 16.3. The number of carbonyl (C=O) groups excluding carboxylic acids is 1. The molecule has 120 valence electrons. The SMILES string of the molecule is CC(C)Cc1cc(C(=O)N2CCC(C(=O)O)CC2)cc(=O)[nH]1. The second-order valence-electron chi connectivity index (χ2n) is 6.26. The van der Waals surface area contributed by atoms with Crippen LogP contribution in [-0.4, -0.2) is 40.0 Å². The summed E-state index contributed by atoms with van der Waals surface area (Å²) in [6.07, 6.45) is 1.63. The van der Waals surface area contributed by atoms with Gasteiger partial charge in [0.1, 0.15) is 0 Å². The van der Waals surface area contributed by atoms with Crippen molar-refractivity contribution in [2.75, 3.05) is 13.1 Å². The van der Waals surface area contributed by atoms with Crippen LogP contribution in [0, 0.1) is 11.8 Å². The molecule has 6 nitrogen and oxygen atoms in total. The van der Waals surface area contributed by atoms with Gasteiger partial charge in [0.25, 0.3) is 5.91 Å². The molecule has 22 heavy (non-hydrogen) atoms. The van der Waals surface area contributed by atoms with Crippen molar-refractivity contribution in [3.63, 3.8) is 0 Å². The summed E-state index contributed by atoms with van der Waals surface area (Å²) in [7, 11) is 0. The predicted octanol–water partition coefficient (Wildman–Crippen LogP) is 1.51. The zero-order valence-electron chi connectivity index (χ0n) is 13.0. The number of piperidine rings is 1. The monoisotopic (exact) mass is 306 g/mol. The Morgan fingerprint density at radius 3 is 2.50 bits per heavy atom. The van der Waals surface area contributed by atoms with Crippen LogP contribution >= 0.6 is 0 Å². The molecule has 0 spiro atoms. The molecule has 1 fully saturated rings. The largest absolute Gasteiger partial charge is 0.481 e. The fourth-order valence-corrected chi connectivity index (χ4v) is 2.79. The van der Waals surface area contributed by atoms with Crippen molar-refractivity contribution in [3.05, 3.63) is 33.7 Å². The maximum absolute atomic E-state index is 12.5. The molecule has 2 heterocycles. The Hall–Kier alpha value is -2.11. The molecule has 6 heteroatoms. The van der Waals surface area contributed by atoms with Gasteiger partial charge in [0.15, 0.2) is 0 Å². The van der Waals surface area contributed by atoms with E-state index in [1.54, 1.807) is 11.0 Å². The summed E-state index contributed by atoms with van der Waals surface area (Å²) in [5.74, 6) is -0.991. The van der Waals surface area contributed by atoms with Crippen LogP contribution in [0.15, 0.2) is 16.9 Å². The van der Waals surface area contributed by atoms with E-state index in [9.17, 15) is 14.4 Å². The summed E-state index contributed by atoms with van der Waals surface area (Å²) in [4.78, 5) is 39.5. The van der Waals surface area contributed by atoms with Crippen molar-refractivity contribution >= 4 is 11.9 Å². The van der Waals surface area contributed by atoms with Crippen LogP contribution in [0.3, 0.4) is 0 Å². The number of hydrogen-bond acceptors (Lipinski definition) is 3. The Balaban J connectivity index is 2.11. The number of nitrogens with one attached hydrogen (secondary N) is 1. The molecule has 1 aromatic heterocycles. The van der Waals surface area contributed by atoms with Crippen molar-refractivity contribution in [3.8, 4) is 0 Å². The number of amides is 1. The summed E-state index contributed by atoms with van der Waals surface area (Å²) in [5.41, 5.74) is 0.862. The minimum Gasteiger partial charge on any atom is -0.481 e. The quantitative estimate of drug-likeness (QED) is 0.882. The van der Waals surface area contributed by atoms with Gasteiger partial charge in [0, 0.05) is 30.4 Å². The van der Waals surface area contributed by atoms with Crippen molar-refractivity contribution in [2.45, 2.75) is 33.1 Å². The molecule has 1 aliphatic rings. The van der Waals surface area contributed by atoms with Gasteiger partial charge < -0.3 is 15.0 Å². The van der Waals surface area contributed by atoms with Gasteiger partial charge in [-0.1, -0.05) is 13.8 Å². The van der Waals surface area contributed by atoms with E-state index < -0.39 is 5.97 Å². The van der Waals surface area contributed by atoms with Crippen LogP contribution < -0.4 is 5.56 Å². The van der Waals surface area contributed by atoms with E-state index in [0.29, 0.717) is 43.8 Å². The van der Waals surface area contributed by atoms with Gasteiger partial charge in [-0.2, -0.15) is 0 Å². The molecule has 0 aromatic carbocycles. The lowest BCUT2D eigenvalue weighted by Crippen LogP contribution is -2.40. The molecule has 1 amide bonds. The smallest absolute Gasteiger partial charge is 0.306 e. The number of aromatic amines is 1. The van der Waals surface area contributed by atoms with Crippen molar-refractivity contribution in [1.29, 1.82) is 0 Å². The highest BCUT2D eigenvalue weighted by Gasteiger charge is 2.27. The predicted molar refractivity (Wildman–Crippen MR) is 81.9 cm³/mol. The first-order valence-corrected chi connectivity index (χ1v) is 7.62. The third-order valence-corrected chi connectivity index (χ3v) is 3.91. The third kappa shape index (κ3) is 3.96. The summed E-state index contributed by atoms with van der Waals surface area (Å²) in [5, 5.41) is 8.99. The molecule has 0 unspecified atom stereocenters. The number of carbonyl (C=O) groups is 2. The number of aliphatic carboxylic acids is 1. The Morgan fingerprint density at radius 2 is 1.95 bits per heavy atom. The number of nitrogens with zero attached hydrogens (tertiary/aromatic N) is 1. The third-order valence-electron chi connectivity index (χ3n) is 3.91. The molecule has 0 atom stereocenters. The van der Waals surface area contributed by atoms with E-state index in [1.807, 2.05) is 13.8 Å². The lowest BCUT2D eigenvalue weighted by atomic mass is 9.96. The van der Waals surface area contributed by atoms with Gasteiger partial charge in [-0.15, -0.1) is 0 Å². The normalized spacial score (nSPS) is 16.0. The number of likely N-dealkylation sites (tertiary alicyclic amines) is 1. The average molecular weight is 306 g/mol. The van der Waals surface area contributed by atoms with Crippen molar-refractivity contribution in [1.82, 2.24) is 9.88 Å². The fourth-order valence-electron chi connectivity index (χ4n) is 2.79. The van der Waals surface area contributed by atoms with E-state index in [2.05, 4.69) is 4.98 Å². The van der Waals surface area contributed by atoms with Crippen LogP contribution in [0.2, 0.25) is 0 Å². The first-order valence-electron chi connectivity index (χ1n) is 7.62. The maximum atomic E-state index is 12.5. The van der Waals surface area contributed by atoms with Gasteiger partial charge in [-0.3, -0.25) is 14.4 Å². The molecule has 0 radical (unpaired) electrons. The van der Waals surface area contributed by atoms with E-state index in [-0.39, 0.29) is 17.4 Å². The number of carboxylic acids is 1. The minimum atomic E-state index is -0.803. The van der Waals surface area contributed by atoms with E-state index in [4.69, 9.17) is 5.11 Å². The zero-order valence-corrected chi connectivity index (χ0v) is 13.0. The Bertz CT molecular complexity index is 613. The number of carboxylic acid groups (broad SMARTS) is 1. The average Bonchev–Trinajstić information content (AvgIpc) is 2.45. The number of aromatic nitrogens is 1. The molecule has 0 aliphatic carbocycles. The van der Waals surface area contributed by atoms with E-state index in [1.165, 1.54) is 6.07 Å². The molecular weight excluding hydrogens is 284 g/mol. The van der Waals surface area contributed by atoms with Crippen LogP contribution in [0.5, 0.6) is 0 Å². The van der Waals surface area contributed by atoms with Crippen molar-refractivity contribution < 1.29 is 14.7 Å². The molecule has 2 rings (SSSR count). The lowest BCUT2D eigenvalue weighted by molar-refractivity contribution is -0.143. The number of pyridine rings is 1. The molecule has 1 saturated heterocycles. The molecule has 1 aliphatic heterocycles. The van der Waals surface area contributed by atoms with Gasteiger partial charge in [-0.05, 0) is 31.2 Å². The maximum Gasteiger partial charge on any atom is 0.306 e. The highest BCUT2D eigenvalue weighted by Crippen LogP contribution is 2.19. The lowest BCUT2D eigenvalue weighted by Gasteiger charge is -2.30. The van der Waals surface area contributed by atoms with E-state index in [0.717, 1.165) is 5.69 Å². The second kappa shape index (κ2) is 6.77. The zero-order chi connectivity index (χ0) is 16.3. The topological polar surface area (TPSA) is 90.5 Å². The summed E-state index contributed by atoms with van der Waals surface area (Å²) >= 11 is 0. The van der Waals surface area contributed by atoms with Crippen LogP contribution in [-0.2, 0) is 11.2 Å². The van der Waals surface area contributed by atoms with Crippen molar-refractivity contribution in [2.24, 2.45) is 11.8 Å². The Labute approximate surface area is 129 Å². The summed E-state index contributed by atoms with van der Waals surface area (Å²) in [6, 6.07) is 3.04. The summed E-state index contributed by atoms with van der Waals surface area (Å²) in [6.45, 7) is 4.93. The standard InChI is InChI=1S/C16H22N2O4/c1-10(2)7-13-8-12(9-14(19)17-13)15(20)18-5-3-11(4-6-18)16(21)22/h8-11H,3-7H2,1-2H3,(H,17,19)(H,21,22). The number of H-pyrrole nitrogens is 1. The Morgan fingerprint density at radius 1 is 1.32 bits per heavy atom.